The van der Waals surface area contributed by atoms with Gasteiger partial charge in [-0.25, -0.2) is 33.7 Å². The van der Waals surface area contributed by atoms with Crippen molar-refractivity contribution in [2.75, 3.05) is 24.7 Å². The Balaban J connectivity index is 1.38. The molecule has 25 nitrogen and oxygen atoms in total. The molecule has 2 fully saturated rings. The van der Waals surface area contributed by atoms with Crippen LogP contribution in [-0.2, 0) is 51.3 Å². The van der Waals surface area contributed by atoms with E-state index in [0.717, 1.165) is 22.7 Å². The minimum Gasteiger partial charge on any atom is -0.455 e. The maximum atomic E-state index is 13.7. The SMILES string of the molecule is C=CCCC(=O)N[C@H](CC(=O)SC(C)C)C(=O)OC1C(COP(=O)(O)O[C@H]2C[C@H](n3ccc(N)nc3=O)O[C@@H]2COP(=O)(O)O)OC(n2cnc3c(N)ncnc32)C1O. The van der Waals surface area contributed by atoms with E-state index in [1.165, 1.54) is 29.2 Å². The number of aromatic nitrogens is 6. The zero-order valence-electron chi connectivity index (χ0n) is 31.4. The van der Waals surface area contributed by atoms with Gasteiger partial charge < -0.3 is 50.8 Å². The third kappa shape index (κ3) is 12.2. The van der Waals surface area contributed by atoms with Gasteiger partial charge in [0.05, 0.1) is 19.5 Å². The predicted octanol–water partition coefficient (Wildman–Crippen LogP) is -0.174. The van der Waals surface area contributed by atoms with Crippen LogP contribution in [0.1, 0.15) is 52.0 Å². The summed E-state index contributed by atoms with van der Waals surface area (Å²) in [5.41, 5.74) is 10.8. The van der Waals surface area contributed by atoms with E-state index in [4.69, 9.17) is 34.7 Å². The van der Waals surface area contributed by atoms with Crippen LogP contribution in [-0.4, -0.2) is 121 Å². The highest BCUT2D eigenvalue weighted by molar-refractivity contribution is 8.14. The minimum atomic E-state index is -5.24. The van der Waals surface area contributed by atoms with E-state index in [1.54, 1.807) is 13.8 Å². The molecule has 5 heterocycles. The summed E-state index contributed by atoms with van der Waals surface area (Å²) in [6.07, 6.45) is -6.33. The van der Waals surface area contributed by atoms with E-state index in [0.29, 0.717) is 0 Å². The van der Waals surface area contributed by atoms with Crippen molar-refractivity contribution in [1.82, 2.24) is 34.4 Å². The number of allylic oxidation sites excluding steroid dienone is 1. The number of esters is 1. The van der Waals surface area contributed by atoms with Crippen LogP contribution in [0, 0.1) is 0 Å². The molecule has 0 bridgehead atoms. The fourth-order valence-corrected chi connectivity index (χ4v) is 8.08. The lowest BCUT2D eigenvalue weighted by molar-refractivity contribution is -0.160. The van der Waals surface area contributed by atoms with Crippen LogP contribution in [0.3, 0.4) is 0 Å². The molecule has 2 aliphatic rings. The van der Waals surface area contributed by atoms with E-state index < -0.39 is 107 Å². The number of nitrogens with one attached hydrogen (secondary N) is 1. The molecule has 5 rings (SSSR count). The number of nitrogen functional groups attached to an aromatic ring is 2. The largest absolute Gasteiger partial charge is 0.472 e. The molecule has 0 radical (unpaired) electrons. The molecule has 9 N–H and O–H groups in total. The number of carbonyl (C=O) groups excluding carboxylic acids is 3. The van der Waals surface area contributed by atoms with Gasteiger partial charge in [0.1, 0.15) is 54.3 Å². The lowest BCUT2D eigenvalue weighted by atomic mass is 10.1. The number of ether oxygens (including phenoxy) is 3. The smallest absolute Gasteiger partial charge is 0.455 e. The fourth-order valence-electron chi connectivity index (χ4n) is 5.99. The van der Waals surface area contributed by atoms with Crippen LogP contribution in [0.15, 0.2) is 42.4 Å². The quantitative estimate of drug-likeness (QED) is 0.0466. The third-order valence-corrected chi connectivity index (χ3v) is 11.0. The summed E-state index contributed by atoms with van der Waals surface area (Å²) >= 11 is 0.924. The standard InChI is InChI=1S/C31H43N9O16P2S/c1-4-5-6-21(41)37-16(9-23(42)59-15(2)3)30(44)55-26-19(54-29(25(26)43)40-14-36-24-27(33)34-13-35-28(24)40)12-52-58(49,50)56-17-10-22(39-8-7-20(32)38-31(39)45)53-18(17)11-51-57(46,47)48/h4,7-8,13-19,22,25-26,29,43H,1,5-6,9-12H2,2-3H3,(H,37,41)(H,49,50)(H2,32,38,45)(H2,33,34,35)(H2,46,47,48)/t16-,17+,18-,19?,22-,25?,26?,29?/m1/s1. The number of hydrogen-bond donors (Lipinski definition) is 7. The summed E-state index contributed by atoms with van der Waals surface area (Å²) in [7, 11) is -10.3. The molecule has 2 saturated heterocycles. The summed E-state index contributed by atoms with van der Waals surface area (Å²) in [5, 5.41) is 13.5. The highest BCUT2D eigenvalue weighted by Crippen LogP contribution is 2.50. The number of phosphoric ester groups is 2. The van der Waals surface area contributed by atoms with Gasteiger partial charge in [0.25, 0.3) is 0 Å². The van der Waals surface area contributed by atoms with Crippen LogP contribution in [0.4, 0.5) is 11.6 Å². The number of imidazole rings is 1. The number of rotatable bonds is 19. The second-order valence-electron chi connectivity index (χ2n) is 13.3. The molecule has 324 valence electrons. The normalized spacial score (nSPS) is 24.8. The van der Waals surface area contributed by atoms with Crippen LogP contribution in [0.25, 0.3) is 11.2 Å². The molecule has 0 aromatic carbocycles. The highest BCUT2D eigenvalue weighted by atomic mass is 32.2. The van der Waals surface area contributed by atoms with Crippen molar-refractivity contribution >= 4 is 67.2 Å². The van der Waals surface area contributed by atoms with Gasteiger partial charge in [-0.15, -0.1) is 6.58 Å². The number of nitrogens with two attached hydrogens (primary N) is 2. The number of anilines is 2. The topological polar surface area (TPSA) is 364 Å². The van der Waals surface area contributed by atoms with E-state index in [9.17, 15) is 48.1 Å². The first-order chi connectivity index (χ1) is 27.7. The van der Waals surface area contributed by atoms with E-state index in [2.05, 4.69) is 36.4 Å². The molecule has 3 aromatic heterocycles. The van der Waals surface area contributed by atoms with Crippen LogP contribution in [0.2, 0.25) is 0 Å². The maximum Gasteiger partial charge on any atom is 0.472 e. The Labute approximate surface area is 338 Å². The number of carbonyl (C=O) groups is 3. The summed E-state index contributed by atoms with van der Waals surface area (Å²) in [6, 6.07) is -0.262. The fraction of sp³-hybridized carbons (Fsp3) is 0.548. The van der Waals surface area contributed by atoms with Gasteiger partial charge in [0.15, 0.2) is 28.9 Å². The molecule has 5 unspecified atom stereocenters. The molecule has 2 aliphatic heterocycles. The van der Waals surface area contributed by atoms with Gasteiger partial charge in [-0.3, -0.25) is 32.3 Å². The van der Waals surface area contributed by atoms with Crippen LogP contribution >= 0.6 is 27.4 Å². The Hall–Kier alpha value is -4.17. The second-order valence-corrected chi connectivity index (χ2v) is 17.6. The van der Waals surface area contributed by atoms with Crippen LogP contribution < -0.4 is 22.5 Å². The molecule has 59 heavy (non-hydrogen) atoms. The molecule has 0 spiro atoms. The van der Waals surface area contributed by atoms with Crippen molar-refractivity contribution in [3.63, 3.8) is 0 Å². The number of phosphoric acid groups is 2. The van der Waals surface area contributed by atoms with E-state index >= 15 is 0 Å². The molecule has 1 amide bonds. The second kappa shape index (κ2) is 19.5. The molecular weight excluding hydrogens is 848 g/mol. The van der Waals surface area contributed by atoms with Crippen molar-refractivity contribution in [2.45, 2.75) is 93.8 Å². The minimum absolute atomic E-state index is 0.0124. The first-order valence-corrected chi connectivity index (χ1v) is 21.6. The highest BCUT2D eigenvalue weighted by Gasteiger charge is 2.50. The number of thioether (sulfide) groups is 1. The Morgan fingerprint density at radius 2 is 1.83 bits per heavy atom. The molecule has 0 aliphatic carbocycles. The third-order valence-electron chi connectivity index (χ3n) is 8.58. The Bertz CT molecular complexity index is 2170. The van der Waals surface area contributed by atoms with E-state index in [-0.39, 0.29) is 47.3 Å². The molecule has 3 aromatic rings. The predicted molar refractivity (Wildman–Crippen MR) is 203 cm³/mol. The molecular formula is C31H43N9O16P2S. The summed E-state index contributed by atoms with van der Waals surface area (Å²) < 4.78 is 59.7. The summed E-state index contributed by atoms with van der Waals surface area (Å²) in [6.45, 7) is 5.28. The average Bonchev–Trinajstić information content (AvgIpc) is 3.83. The van der Waals surface area contributed by atoms with Crippen LogP contribution in [0.5, 0.6) is 0 Å². The van der Waals surface area contributed by atoms with Gasteiger partial charge in [0, 0.05) is 30.7 Å². The number of nitrogens with zero attached hydrogens (tertiary/aromatic N) is 6. The lowest BCUT2D eigenvalue weighted by Crippen LogP contribution is -2.47. The number of hydrogen-bond acceptors (Lipinski definition) is 20. The van der Waals surface area contributed by atoms with E-state index in [1.807, 2.05) is 0 Å². The monoisotopic (exact) mass is 891 g/mol. The van der Waals surface area contributed by atoms with Crippen molar-refractivity contribution in [3.05, 3.63) is 48.1 Å². The van der Waals surface area contributed by atoms with Gasteiger partial charge in [-0.2, -0.15) is 4.98 Å². The van der Waals surface area contributed by atoms with Crippen molar-refractivity contribution in [1.29, 1.82) is 0 Å². The van der Waals surface area contributed by atoms with Crippen molar-refractivity contribution < 1.29 is 71.1 Å². The van der Waals surface area contributed by atoms with Crippen molar-refractivity contribution in [2.24, 2.45) is 0 Å². The first kappa shape index (κ1) is 45.9. The van der Waals surface area contributed by atoms with Gasteiger partial charge in [-0.1, -0.05) is 31.7 Å². The van der Waals surface area contributed by atoms with Gasteiger partial charge in [0.2, 0.25) is 5.91 Å². The zero-order chi connectivity index (χ0) is 43.2. The number of aliphatic hydroxyl groups is 1. The molecule has 0 saturated carbocycles. The van der Waals surface area contributed by atoms with Gasteiger partial charge >= 0.3 is 27.3 Å². The Kier molecular flexibility index (Phi) is 15.2. The lowest BCUT2D eigenvalue weighted by Gasteiger charge is -2.25. The molecule has 9 atom stereocenters. The molecule has 28 heteroatoms. The first-order valence-electron chi connectivity index (χ1n) is 17.7. The number of amides is 1. The maximum absolute atomic E-state index is 13.7. The Morgan fingerprint density at radius 3 is 2.51 bits per heavy atom. The zero-order valence-corrected chi connectivity index (χ0v) is 34.0. The number of aliphatic hydroxyl groups excluding tert-OH is 1. The summed E-state index contributed by atoms with van der Waals surface area (Å²) in [5.74, 6) is -1.89. The summed E-state index contributed by atoms with van der Waals surface area (Å²) in [4.78, 5) is 96.9. The Morgan fingerprint density at radius 1 is 1.10 bits per heavy atom. The number of fused-ring (bicyclic) bond motifs is 1. The average molecular weight is 892 g/mol. The van der Waals surface area contributed by atoms with Gasteiger partial charge in [-0.05, 0) is 12.5 Å². The van der Waals surface area contributed by atoms with Crippen molar-refractivity contribution in [3.8, 4) is 0 Å².